The third-order valence-electron chi connectivity index (χ3n) is 4.47. The van der Waals surface area contributed by atoms with Crippen molar-refractivity contribution in [2.45, 2.75) is 24.8 Å². The molecule has 2 heterocycles. The van der Waals surface area contributed by atoms with Crippen LogP contribution in [0.3, 0.4) is 0 Å². The van der Waals surface area contributed by atoms with Crippen molar-refractivity contribution < 1.29 is 14.3 Å². The van der Waals surface area contributed by atoms with Crippen molar-refractivity contribution in [3.05, 3.63) is 35.4 Å². The van der Waals surface area contributed by atoms with E-state index in [1.54, 1.807) is 0 Å². The first-order valence-electron chi connectivity index (χ1n) is 7.28. The molecule has 0 N–H and O–H groups in total. The fraction of sp³-hybridized carbons (Fsp3) is 0.562. The van der Waals surface area contributed by atoms with Crippen LogP contribution >= 0.6 is 0 Å². The van der Waals surface area contributed by atoms with E-state index < -0.39 is 0 Å². The number of methoxy groups -OCH3 is 1. The summed E-state index contributed by atoms with van der Waals surface area (Å²) in [6.07, 6.45) is 2.38. The van der Waals surface area contributed by atoms with Gasteiger partial charge in [-0.15, -0.1) is 0 Å². The molecule has 2 saturated heterocycles. The standard InChI is InChI=1S/C16H21NO3/c1-19-16(18)14-4-2-12(3-5-14)13-6-8-17(9-7-13)15-10-20-11-15/h2-5,13,15H,6-11H2,1H3. The first kappa shape index (κ1) is 13.6. The Balaban J connectivity index is 1.58. The quantitative estimate of drug-likeness (QED) is 0.791. The second-order valence-electron chi connectivity index (χ2n) is 5.62. The van der Waals surface area contributed by atoms with Crippen LogP contribution in [0.25, 0.3) is 0 Å². The highest BCUT2D eigenvalue weighted by molar-refractivity contribution is 5.89. The number of piperidine rings is 1. The van der Waals surface area contributed by atoms with Crippen LogP contribution in [0.1, 0.15) is 34.7 Å². The minimum Gasteiger partial charge on any atom is -0.465 e. The number of carbonyl (C=O) groups is 1. The topological polar surface area (TPSA) is 38.8 Å². The van der Waals surface area contributed by atoms with Gasteiger partial charge in [0.05, 0.1) is 31.9 Å². The number of hydrogen-bond acceptors (Lipinski definition) is 4. The summed E-state index contributed by atoms with van der Waals surface area (Å²) in [5, 5.41) is 0. The number of nitrogens with zero attached hydrogens (tertiary/aromatic N) is 1. The summed E-state index contributed by atoms with van der Waals surface area (Å²) in [4.78, 5) is 14.0. The van der Waals surface area contributed by atoms with Crippen LogP contribution in [-0.2, 0) is 9.47 Å². The number of esters is 1. The molecule has 0 amide bonds. The van der Waals surface area contributed by atoms with Crippen molar-refractivity contribution in [2.24, 2.45) is 0 Å². The van der Waals surface area contributed by atoms with E-state index in [4.69, 9.17) is 9.47 Å². The van der Waals surface area contributed by atoms with Crippen LogP contribution in [0, 0.1) is 0 Å². The lowest BCUT2D eigenvalue weighted by Crippen LogP contribution is -2.51. The number of ether oxygens (including phenoxy) is 2. The third-order valence-corrected chi connectivity index (χ3v) is 4.47. The zero-order chi connectivity index (χ0) is 13.9. The van der Waals surface area contributed by atoms with Crippen LogP contribution in [-0.4, -0.2) is 50.3 Å². The lowest BCUT2D eigenvalue weighted by molar-refractivity contribution is -0.0712. The molecule has 0 aromatic heterocycles. The summed E-state index contributed by atoms with van der Waals surface area (Å²) in [5.74, 6) is 0.343. The summed E-state index contributed by atoms with van der Waals surface area (Å²) in [6.45, 7) is 4.10. The molecule has 0 bridgehead atoms. The fourth-order valence-corrected chi connectivity index (χ4v) is 3.04. The Morgan fingerprint density at radius 2 is 1.85 bits per heavy atom. The monoisotopic (exact) mass is 275 g/mol. The highest BCUT2D eigenvalue weighted by Gasteiger charge is 2.29. The molecule has 3 rings (SSSR count). The van der Waals surface area contributed by atoms with Crippen molar-refractivity contribution >= 4 is 5.97 Å². The summed E-state index contributed by atoms with van der Waals surface area (Å²) >= 11 is 0. The Hall–Kier alpha value is -1.39. The van der Waals surface area contributed by atoms with Crippen molar-refractivity contribution in [1.82, 2.24) is 4.90 Å². The van der Waals surface area contributed by atoms with E-state index in [1.165, 1.54) is 25.5 Å². The molecule has 2 aliphatic rings. The van der Waals surface area contributed by atoms with Gasteiger partial charge >= 0.3 is 5.97 Å². The van der Waals surface area contributed by atoms with E-state index in [0.717, 1.165) is 26.3 Å². The maximum atomic E-state index is 11.4. The van der Waals surface area contributed by atoms with E-state index in [0.29, 0.717) is 17.5 Å². The largest absolute Gasteiger partial charge is 0.465 e. The van der Waals surface area contributed by atoms with Gasteiger partial charge < -0.3 is 9.47 Å². The average molecular weight is 275 g/mol. The molecule has 0 aliphatic carbocycles. The van der Waals surface area contributed by atoms with Crippen molar-refractivity contribution in [1.29, 1.82) is 0 Å². The van der Waals surface area contributed by atoms with Gasteiger partial charge in [0, 0.05) is 0 Å². The molecule has 20 heavy (non-hydrogen) atoms. The van der Waals surface area contributed by atoms with Gasteiger partial charge in [-0.1, -0.05) is 12.1 Å². The van der Waals surface area contributed by atoms with Crippen molar-refractivity contribution in [2.75, 3.05) is 33.4 Å². The van der Waals surface area contributed by atoms with Crippen LogP contribution in [0.15, 0.2) is 24.3 Å². The number of carbonyl (C=O) groups excluding carboxylic acids is 1. The smallest absolute Gasteiger partial charge is 0.337 e. The summed E-state index contributed by atoms with van der Waals surface area (Å²) in [6, 6.07) is 8.52. The summed E-state index contributed by atoms with van der Waals surface area (Å²) in [5.41, 5.74) is 1.96. The molecular weight excluding hydrogens is 254 g/mol. The summed E-state index contributed by atoms with van der Waals surface area (Å²) in [7, 11) is 1.41. The number of hydrogen-bond donors (Lipinski definition) is 0. The van der Waals surface area contributed by atoms with Crippen molar-refractivity contribution in [3.63, 3.8) is 0 Å². The van der Waals surface area contributed by atoms with Crippen LogP contribution in [0.4, 0.5) is 0 Å². The first-order valence-corrected chi connectivity index (χ1v) is 7.28. The van der Waals surface area contributed by atoms with Gasteiger partial charge in [0.25, 0.3) is 0 Å². The average Bonchev–Trinajstić information content (AvgIpc) is 2.46. The molecule has 2 fully saturated rings. The maximum absolute atomic E-state index is 11.4. The Bertz CT molecular complexity index is 459. The number of benzene rings is 1. The van der Waals surface area contributed by atoms with Crippen LogP contribution in [0.5, 0.6) is 0 Å². The Morgan fingerprint density at radius 3 is 2.35 bits per heavy atom. The fourth-order valence-electron chi connectivity index (χ4n) is 3.04. The van der Waals surface area contributed by atoms with Crippen molar-refractivity contribution in [3.8, 4) is 0 Å². The predicted octanol–water partition coefficient (Wildman–Crippen LogP) is 2.05. The van der Waals surface area contributed by atoms with Gasteiger partial charge in [-0.25, -0.2) is 4.79 Å². The minimum absolute atomic E-state index is 0.267. The number of likely N-dealkylation sites (tertiary alicyclic amines) is 1. The van der Waals surface area contributed by atoms with Gasteiger partial charge in [0.1, 0.15) is 0 Å². The molecule has 4 heteroatoms. The zero-order valence-corrected chi connectivity index (χ0v) is 11.9. The lowest BCUT2D eigenvalue weighted by Gasteiger charge is -2.41. The molecule has 0 unspecified atom stereocenters. The van der Waals surface area contributed by atoms with E-state index in [9.17, 15) is 4.79 Å². The molecule has 4 nitrogen and oxygen atoms in total. The highest BCUT2D eigenvalue weighted by Crippen LogP contribution is 2.30. The predicted molar refractivity (Wildman–Crippen MR) is 75.9 cm³/mol. The van der Waals surface area contributed by atoms with Gasteiger partial charge in [-0.2, -0.15) is 0 Å². The van der Waals surface area contributed by atoms with Gasteiger partial charge in [0.2, 0.25) is 0 Å². The summed E-state index contributed by atoms with van der Waals surface area (Å²) < 4.78 is 9.98. The molecule has 0 spiro atoms. The molecule has 0 atom stereocenters. The van der Waals surface area contributed by atoms with E-state index in [2.05, 4.69) is 17.0 Å². The molecule has 1 aromatic carbocycles. The SMILES string of the molecule is COC(=O)c1ccc(C2CCN(C3COC3)CC2)cc1. The van der Waals surface area contributed by atoms with Crippen LogP contribution in [0.2, 0.25) is 0 Å². The van der Waals surface area contributed by atoms with Gasteiger partial charge in [-0.3, -0.25) is 4.90 Å². The normalized spacial score (nSPS) is 21.4. The Morgan fingerprint density at radius 1 is 1.20 bits per heavy atom. The van der Waals surface area contributed by atoms with Gasteiger partial charge in [-0.05, 0) is 49.5 Å². The van der Waals surface area contributed by atoms with Crippen LogP contribution < -0.4 is 0 Å². The molecule has 0 saturated carbocycles. The molecule has 1 aromatic rings. The Kier molecular flexibility index (Phi) is 4.03. The highest BCUT2D eigenvalue weighted by atomic mass is 16.5. The first-order chi connectivity index (χ1) is 9.78. The third kappa shape index (κ3) is 2.72. The molecular formula is C16H21NO3. The van der Waals surface area contributed by atoms with Gasteiger partial charge in [0.15, 0.2) is 0 Å². The second-order valence-corrected chi connectivity index (χ2v) is 5.62. The second kappa shape index (κ2) is 5.94. The zero-order valence-electron chi connectivity index (χ0n) is 11.9. The van der Waals surface area contributed by atoms with E-state index in [1.807, 2.05) is 12.1 Å². The van der Waals surface area contributed by atoms with E-state index in [-0.39, 0.29) is 5.97 Å². The number of rotatable bonds is 3. The molecule has 2 aliphatic heterocycles. The lowest BCUT2D eigenvalue weighted by atomic mass is 9.88. The molecule has 0 radical (unpaired) electrons. The Labute approximate surface area is 119 Å². The minimum atomic E-state index is -0.267. The molecule has 108 valence electrons. The van der Waals surface area contributed by atoms with E-state index >= 15 is 0 Å². The maximum Gasteiger partial charge on any atom is 0.337 e.